The van der Waals surface area contributed by atoms with E-state index in [1.807, 2.05) is 4.90 Å². The number of rotatable bonds is 1. The Kier molecular flexibility index (Phi) is 4.39. The molecule has 20 heavy (non-hydrogen) atoms. The average molecular weight is 340 g/mol. The first-order valence-corrected chi connectivity index (χ1v) is 7.67. The number of carbonyl (C=O) groups is 1. The van der Waals surface area contributed by atoms with Crippen LogP contribution in [0.15, 0.2) is 22.7 Å². The van der Waals surface area contributed by atoms with Crippen molar-refractivity contribution >= 4 is 27.5 Å². The van der Waals surface area contributed by atoms with Crippen molar-refractivity contribution in [2.75, 3.05) is 31.9 Å². The molecular formula is C15H22BrN3O. The van der Waals surface area contributed by atoms with Crippen molar-refractivity contribution < 1.29 is 4.79 Å². The van der Waals surface area contributed by atoms with Crippen molar-refractivity contribution in [1.29, 1.82) is 0 Å². The summed E-state index contributed by atoms with van der Waals surface area (Å²) in [5.41, 5.74) is 7.26. The molecule has 5 heteroatoms. The minimum atomic E-state index is 0.0826. The van der Waals surface area contributed by atoms with Crippen LogP contribution >= 0.6 is 15.9 Å². The van der Waals surface area contributed by atoms with E-state index >= 15 is 0 Å². The molecule has 1 fully saturated rings. The second-order valence-corrected chi connectivity index (χ2v) is 7.04. The van der Waals surface area contributed by atoms with Gasteiger partial charge in [0.05, 0.1) is 0 Å². The highest BCUT2D eigenvalue weighted by molar-refractivity contribution is 9.10. The molecule has 1 aromatic carbocycles. The monoisotopic (exact) mass is 339 g/mol. The Hall–Kier alpha value is -1.07. The molecule has 4 nitrogen and oxygen atoms in total. The second-order valence-electron chi connectivity index (χ2n) is 6.19. The summed E-state index contributed by atoms with van der Waals surface area (Å²) in [5.74, 6) is 0.0826. The largest absolute Gasteiger partial charge is 0.398 e. The fourth-order valence-electron chi connectivity index (χ4n) is 2.42. The molecule has 0 unspecified atom stereocenters. The quantitative estimate of drug-likeness (QED) is 0.800. The fourth-order valence-corrected chi connectivity index (χ4v) is 2.80. The van der Waals surface area contributed by atoms with Crippen molar-refractivity contribution in [2.24, 2.45) is 0 Å². The zero-order valence-corrected chi connectivity index (χ0v) is 13.9. The molecule has 1 aliphatic rings. The van der Waals surface area contributed by atoms with E-state index < -0.39 is 0 Å². The standard InChI is InChI=1S/C15H22BrN3O/c1-15(2,3)19-8-6-18(7-9-19)14(20)11-4-5-13(17)12(16)10-11/h4-5,10H,6-9,17H2,1-3H3. The Morgan fingerprint density at radius 2 is 1.80 bits per heavy atom. The van der Waals surface area contributed by atoms with Gasteiger partial charge in [-0.15, -0.1) is 0 Å². The van der Waals surface area contributed by atoms with Crippen LogP contribution in [0.25, 0.3) is 0 Å². The van der Waals surface area contributed by atoms with Crippen LogP contribution in [0.1, 0.15) is 31.1 Å². The van der Waals surface area contributed by atoms with Crippen LogP contribution < -0.4 is 5.73 Å². The average Bonchev–Trinajstić information content (AvgIpc) is 2.40. The lowest BCUT2D eigenvalue weighted by molar-refractivity contribution is 0.0451. The molecule has 1 saturated heterocycles. The van der Waals surface area contributed by atoms with Gasteiger partial charge in [0.15, 0.2) is 0 Å². The van der Waals surface area contributed by atoms with Gasteiger partial charge in [-0.05, 0) is 54.9 Å². The predicted molar refractivity (Wildman–Crippen MR) is 85.8 cm³/mol. The number of nitrogen functional groups attached to an aromatic ring is 1. The van der Waals surface area contributed by atoms with Crippen LogP contribution in [-0.4, -0.2) is 47.4 Å². The maximum absolute atomic E-state index is 12.5. The van der Waals surface area contributed by atoms with E-state index in [-0.39, 0.29) is 11.4 Å². The van der Waals surface area contributed by atoms with E-state index in [4.69, 9.17) is 5.73 Å². The number of amides is 1. The zero-order chi connectivity index (χ0) is 14.9. The first kappa shape index (κ1) is 15.3. The van der Waals surface area contributed by atoms with Crippen molar-refractivity contribution in [2.45, 2.75) is 26.3 Å². The van der Waals surface area contributed by atoms with Gasteiger partial charge in [0, 0.05) is 47.4 Å². The molecule has 0 aliphatic carbocycles. The maximum atomic E-state index is 12.5. The predicted octanol–water partition coefficient (Wildman–Crippen LogP) is 2.59. The summed E-state index contributed by atoms with van der Waals surface area (Å²) in [5, 5.41) is 0. The van der Waals surface area contributed by atoms with Crippen LogP contribution in [0.4, 0.5) is 5.69 Å². The number of anilines is 1. The first-order chi connectivity index (χ1) is 9.29. The Morgan fingerprint density at radius 1 is 1.20 bits per heavy atom. The Balaban J connectivity index is 2.03. The minimum Gasteiger partial charge on any atom is -0.398 e. The van der Waals surface area contributed by atoms with E-state index in [0.717, 1.165) is 30.7 Å². The fraction of sp³-hybridized carbons (Fsp3) is 0.533. The van der Waals surface area contributed by atoms with Gasteiger partial charge in [-0.25, -0.2) is 0 Å². The normalized spacial score (nSPS) is 17.3. The number of hydrogen-bond acceptors (Lipinski definition) is 3. The Labute approximate surface area is 129 Å². The third kappa shape index (κ3) is 3.33. The minimum absolute atomic E-state index is 0.0826. The van der Waals surface area contributed by atoms with Gasteiger partial charge in [0.1, 0.15) is 0 Å². The van der Waals surface area contributed by atoms with E-state index in [1.165, 1.54) is 0 Å². The zero-order valence-electron chi connectivity index (χ0n) is 12.3. The molecule has 1 heterocycles. The van der Waals surface area contributed by atoms with Crippen molar-refractivity contribution in [3.05, 3.63) is 28.2 Å². The molecule has 2 N–H and O–H groups in total. The molecule has 0 saturated carbocycles. The molecule has 0 bridgehead atoms. The van der Waals surface area contributed by atoms with Crippen molar-refractivity contribution in [3.63, 3.8) is 0 Å². The summed E-state index contributed by atoms with van der Waals surface area (Å²) in [6.45, 7) is 10.0. The number of hydrogen-bond donors (Lipinski definition) is 1. The molecule has 1 aromatic rings. The molecule has 1 amide bonds. The number of benzene rings is 1. The summed E-state index contributed by atoms with van der Waals surface area (Å²) in [4.78, 5) is 16.8. The third-order valence-electron chi connectivity index (χ3n) is 3.76. The molecule has 0 atom stereocenters. The first-order valence-electron chi connectivity index (χ1n) is 6.88. The van der Waals surface area contributed by atoms with Gasteiger partial charge >= 0.3 is 0 Å². The topological polar surface area (TPSA) is 49.6 Å². The van der Waals surface area contributed by atoms with Crippen LogP contribution in [0, 0.1) is 0 Å². The number of halogens is 1. The lowest BCUT2D eigenvalue weighted by Gasteiger charge is -2.42. The highest BCUT2D eigenvalue weighted by Crippen LogP contribution is 2.22. The van der Waals surface area contributed by atoms with Gasteiger partial charge in [0.25, 0.3) is 5.91 Å². The molecule has 0 spiro atoms. The summed E-state index contributed by atoms with van der Waals surface area (Å²) < 4.78 is 0.775. The highest BCUT2D eigenvalue weighted by Gasteiger charge is 2.28. The van der Waals surface area contributed by atoms with E-state index in [1.54, 1.807) is 18.2 Å². The number of piperazine rings is 1. The number of carbonyl (C=O) groups excluding carboxylic acids is 1. The molecular weight excluding hydrogens is 318 g/mol. The maximum Gasteiger partial charge on any atom is 0.253 e. The van der Waals surface area contributed by atoms with Gasteiger partial charge in [-0.3, -0.25) is 9.69 Å². The van der Waals surface area contributed by atoms with Gasteiger partial charge in [-0.2, -0.15) is 0 Å². The molecule has 0 aromatic heterocycles. The van der Waals surface area contributed by atoms with E-state index in [0.29, 0.717) is 11.3 Å². The molecule has 2 rings (SSSR count). The van der Waals surface area contributed by atoms with Crippen LogP contribution in [-0.2, 0) is 0 Å². The summed E-state index contributed by atoms with van der Waals surface area (Å²) in [7, 11) is 0. The van der Waals surface area contributed by atoms with Crippen LogP contribution in [0.5, 0.6) is 0 Å². The Bertz CT molecular complexity index is 502. The van der Waals surface area contributed by atoms with Crippen LogP contribution in [0.2, 0.25) is 0 Å². The smallest absolute Gasteiger partial charge is 0.253 e. The summed E-state index contributed by atoms with van der Waals surface area (Å²) in [6.07, 6.45) is 0. The van der Waals surface area contributed by atoms with E-state index in [9.17, 15) is 4.79 Å². The molecule has 1 aliphatic heterocycles. The summed E-state index contributed by atoms with van der Waals surface area (Å²) >= 11 is 3.37. The van der Waals surface area contributed by atoms with E-state index in [2.05, 4.69) is 41.6 Å². The SMILES string of the molecule is CC(C)(C)N1CCN(C(=O)c2ccc(N)c(Br)c2)CC1. The lowest BCUT2D eigenvalue weighted by atomic mass is 10.0. The van der Waals surface area contributed by atoms with Gasteiger partial charge in [0.2, 0.25) is 0 Å². The third-order valence-corrected chi connectivity index (χ3v) is 4.45. The van der Waals surface area contributed by atoms with Gasteiger partial charge < -0.3 is 10.6 Å². The highest BCUT2D eigenvalue weighted by atomic mass is 79.9. The van der Waals surface area contributed by atoms with Crippen molar-refractivity contribution in [3.8, 4) is 0 Å². The Morgan fingerprint density at radius 3 is 2.30 bits per heavy atom. The van der Waals surface area contributed by atoms with Crippen molar-refractivity contribution in [1.82, 2.24) is 9.80 Å². The van der Waals surface area contributed by atoms with Crippen LogP contribution in [0.3, 0.4) is 0 Å². The summed E-state index contributed by atoms with van der Waals surface area (Å²) in [6, 6.07) is 5.36. The number of nitrogens with zero attached hydrogens (tertiary/aromatic N) is 2. The molecule has 110 valence electrons. The number of nitrogens with two attached hydrogens (primary N) is 1. The lowest BCUT2D eigenvalue weighted by Crippen LogP contribution is -2.54. The molecule has 0 radical (unpaired) electrons. The van der Waals surface area contributed by atoms with Gasteiger partial charge in [-0.1, -0.05) is 0 Å². The second kappa shape index (κ2) is 5.74.